The summed E-state index contributed by atoms with van der Waals surface area (Å²) in [5.74, 6) is -2.67. The molecule has 230 valence electrons. The highest BCUT2D eigenvalue weighted by Gasteiger charge is 2.35. The Bertz CT molecular complexity index is 1470. The summed E-state index contributed by atoms with van der Waals surface area (Å²) < 4.78 is 113. The fraction of sp³-hybridized carbons (Fsp3) is 0.400. The molecule has 0 fully saturated rings. The van der Waals surface area contributed by atoms with Gasteiger partial charge in [0, 0.05) is 55.1 Å². The van der Waals surface area contributed by atoms with E-state index < -0.39 is 51.1 Å². The third-order valence-corrected chi connectivity index (χ3v) is 7.96. The van der Waals surface area contributed by atoms with Crippen LogP contribution < -0.4 is 4.74 Å². The first-order chi connectivity index (χ1) is 19.5. The van der Waals surface area contributed by atoms with Crippen LogP contribution in [0.2, 0.25) is 0 Å². The average molecular weight is 618 g/mol. The van der Waals surface area contributed by atoms with E-state index >= 15 is 0 Å². The van der Waals surface area contributed by atoms with Crippen molar-refractivity contribution in [3.8, 4) is 5.75 Å². The van der Waals surface area contributed by atoms with Crippen LogP contribution in [0.25, 0.3) is 0 Å². The Morgan fingerprint density at radius 1 is 0.976 bits per heavy atom. The van der Waals surface area contributed by atoms with Crippen molar-refractivity contribution in [1.29, 1.82) is 0 Å². The standard InChI is InChI=1S/C30H33F6NO4S/c1-29(2,21-8-10-22(31)11-9-21)19-37(18-20-6-4-7-25(28(20)33)30(34,35)36)13-5-15-41-23-16-26(32)24(12-14-38)27(17-23)42(3,39)40/h4,6-11,16-17,38H,5,12-15,18-19H2,1-3H3. The normalized spacial score (nSPS) is 12.6. The number of sulfone groups is 1. The molecule has 5 nitrogen and oxygen atoms in total. The number of hydrogen-bond donors (Lipinski definition) is 1. The Balaban J connectivity index is 1.81. The molecule has 0 atom stereocenters. The van der Waals surface area contributed by atoms with E-state index in [1.54, 1.807) is 17.0 Å². The van der Waals surface area contributed by atoms with Crippen LogP contribution in [0, 0.1) is 17.5 Å². The topological polar surface area (TPSA) is 66.8 Å². The molecule has 3 rings (SSSR count). The van der Waals surface area contributed by atoms with Gasteiger partial charge < -0.3 is 9.84 Å². The lowest BCUT2D eigenvalue weighted by Crippen LogP contribution is -2.38. The molecule has 0 unspecified atom stereocenters. The second-order valence-electron chi connectivity index (χ2n) is 10.7. The smallest absolute Gasteiger partial charge is 0.419 e. The van der Waals surface area contributed by atoms with Crippen LogP contribution in [0.1, 0.15) is 42.5 Å². The summed E-state index contributed by atoms with van der Waals surface area (Å²) in [7, 11) is -3.83. The summed E-state index contributed by atoms with van der Waals surface area (Å²) in [6.07, 6.45) is -3.87. The van der Waals surface area contributed by atoms with Crippen LogP contribution in [0.15, 0.2) is 59.5 Å². The lowest BCUT2D eigenvalue weighted by molar-refractivity contribution is -0.140. The van der Waals surface area contributed by atoms with Crippen molar-refractivity contribution < 1.29 is 44.6 Å². The van der Waals surface area contributed by atoms with Crippen LogP contribution in [0.4, 0.5) is 26.3 Å². The lowest BCUT2D eigenvalue weighted by Gasteiger charge is -2.33. The highest BCUT2D eigenvalue weighted by atomic mass is 32.2. The Labute approximate surface area is 241 Å². The summed E-state index contributed by atoms with van der Waals surface area (Å²) in [5, 5.41) is 9.18. The summed E-state index contributed by atoms with van der Waals surface area (Å²) in [6, 6.07) is 11.1. The summed E-state index contributed by atoms with van der Waals surface area (Å²) >= 11 is 0. The summed E-state index contributed by atoms with van der Waals surface area (Å²) in [4.78, 5) is 1.45. The van der Waals surface area contributed by atoms with Crippen LogP contribution in [-0.2, 0) is 34.4 Å². The van der Waals surface area contributed by atoms with E-state index in [9.17, 15) is 39.9 Å². The van der Waals surface area contributed by atoms with Gasteiger partial charge in [0.15, 0.2) is 9.84 Å². The quantitative estimate of drug-likeness (QED) is 0.180. The van der Waals surface area contributed by atoms with E-state index in [4.69, 9.17) is 4.74 Å². The molecular formula is C30H33F6NO4S. The van der Waals surface area contributed by atoms with E-state index in [-0.39, 0.29) is 60.9 Å². The monoisotopic (exact) mass is 617 g/mol. The SMILES string of the molecule is CC(C)(CN(CCCOc1cc(F)c(CCO)c(S(C)(=O)=O)c1)Cc1cccc(C(F)(F)F)c1F)c1ccc(F)cc1. The minimum Gasteiger partial charge on any atom is -0.493 e. The number of rotatable bonds is 13. The van der Waals surface area contributed by atoms with Crippen molar-refractivity contribution in [3.63, 3.8) is 0 Å². The molecule has 0 aliphatic rings. The van der Waals surface area contributed by atoms with Gasteiger partial charge in [0.2, 0.25) is 0 Å². The molecule has 0 saturated carbocycles. The molecule has 0 aliphatic carbocycles. The van der Waals surface area contributed by atoms with Gasteiger partial charge in [-0.1, -0.05) is 38.1 Å². The number of nitrogens with zero attached hydrogens (tertiary/aromatic N) is 1. The van der Waals surface area contributed by atoms with Crippen molar-refractivity contribution in [1.82, 2.24) is 4.90 Å². The van der Waals surface area contributed by atoms with Crippen molar-refractivity contribution in [2.24, 2.45) is 0 Å². The number of alkyl halides is 3. The number of ether oxygens (including phenoxy) is 1. The maximum atomic E-state index is 14.9. The fourth-order valence-corrected chi connectivity index (χ4v) is 5.74. The fourth-order valence-electron chi connectivity index (χ4n) is 4.76. The van der Waals surface area contributed by atoms with Crippen molar-refractivity contribution in [2.45, 2.75) is 49.7 Å². The maximum absolute atomic E-state index is 14.9. The van der Waals surface area contributed by atoms with Gasteiger partial charge >= 0.3 is 6.18 Å². The van der Waals surface area contributed by atoms with Crippen LogP contribution in [0.3, 0.4) is 0 Å². The number of benzene rings is 3. The van der Waals surface area contributed by atoms with Gasteiger partial charge in [0.1, 0.15) is 23.2 Å². The zero-order valence-corrected chi connectivity index (χ0v) is 24.3. The van der Waals surface area contributed by atoms with Crippen molar-refractivity contribution in [2.75, 3.05) is 32.6 Å². The zero-order valence-electron chi connectivity index (χ0n) is 23.4. The number of aliphatic hydroxyl groups excluding tert-OH is 1. The largest absolute Gasteiger partial charge is 0.493 e. The first kappa shape index (κ1) is 33.4. The molecule has 0 saturated heterocycles. The van der Waals surface area contributed by atoms with Gasteiger partial charge in [-0.05, 0) is 42.7 Å². The molecule has 3 aromatic carbocycles. The molecule has 0 bridgehead atoms. The highest BCUT2D eigenvalue weighted by molar-refractivity contribution is 7.90. The van der Waals surface area contributed by atoms with Crippen LogP contribution in [-0.4, -0.2) is 51.0 Å². The lowest BCUT2D eigenvalue weighted by atomic mass is 9.84. The Hall–Kier alpha value is -3.09. The van der Waals surface area contributed by atoms with Gasteiger partial charge in [-0.2, -0.15) is 13.2 Å². The molecule has 42 heavy (non-hydrogen) atoms. The predicted octanol–water partition coefficient (Wildman–Crippen LogP) is 6.31. The van der Waals surface area contributed by atoms with Gasteiger partial charge in [0.25, 0.3) is 0 Å². The Kier molecular flexibility index (Phi) is 10.7. The molecule has 0 amide bonds. The second-order valence-corrected chi connectivity index (χ2v) is 12.7. The first-order valence-corrected chi connectivity index (χ1v) is 15.0. The molecule has 0 heterocycles. The summed E-state index contributed by atoms with van der Waals surface area (Å²) in [6.45, 7) is 3.60. The molecule has 3 aromatic rings. The molecule has 0 radical (unpaired) electrons. The average Bonchev–Trinajstić information content (AvgIpc) is 2.88. The van der Waals surface area contributed by atoms with E-state index in [0.717, 1.165) is 24.0 Å². The van der Waals surface area contributed by atoms with E-state index in [2.05, 4.69) is 0 Å². The van der Waals surface area contributed by atoms with E-state index in [1.165, 1.54) is 24.3 Å². The number of halogens is 6. The minimum atomic E-state index is -4.86. The Morgan fingerprint density at radius 3 is 2.24 bits per heavy atom. The zero-order chi connectivity index (χ0) is 31.3. The number of aliphatic hydroxyl groups is 1. The van der Waals surface area contributed by atoms with Gasteiger partial charge in [-0.25, -0.2) is 21.6 Å². The molecule has 0 aromatic heterocycles. The maximum Gasteiger partial charge on any atom is 0.419 e. The predicted molar refractivity (Wildman–Crippen MR) is 147 cm³/mol. The molecular weight excluding hydrogens is 584 g/mol. The van der Waals surface area contributed by atoms with Crippen LogP contribution >= 0.6 is 0 Å². The third kappa shape index (κ3) is 8.71. The van der Waals surface area contributed by atoms with E-state index in [0.29, 0.717) is 6.07 Å². The van der Waals surface area contributed by atoms with Gasteiger partial charge in [-0.15, -0.1) is 0 Å². The van der Waals surface area contributed by atoms with E-state index in [1.807, 2.05) is 13.8 Å². The second kappa shape index (κ2) is 13.5. The molecule has 0 spiro atoms. The highest BCUT2D eigenvalue weighted by Crippen LogP contribution is 2.33. The summed E-state index contributed by atoms with van der Waals surface area (Å²) in [5.41, 5.74) is -1.51. The van der Waals surface area contributed by atoms with Crippen molar-refractivity contribution in [3.05, 3.63) is 94.3 Å². The number of hydrogen-bond acceptors (Lipinski definition) is 5. The van der Waals surface area contributed by atoms with Crippen molar-refractivity contribution >= 4 is 9.84 Å². The van der Waals surface area contributed by atoms with Gasteiger partial charge in [-0.3, -0.25) is 4.90 Å². The molecule has 1 N–H and O–H groups in total. The molecule has 12 heteroatoms. The first-order valence-electron chi connectivity index (χ1n) is 13.1. The van der Waals surface area contributed by atoms with Crippen LogP contribution in [0.5, 0.6) is 5.75 Å². The molecule has 0 aliphatic heterocycles. The third-order valence-electron chi connectivity index (χ3n) is 6.80. The minimum absolute atomic E-state index is 0.0134. The Morgan fingerprint density at radius 2 is 1.64 bits per heavy atom. The van der Waals surface area contributed by atoms with Gasteiger partial charge in [0.05, 0.1) is 17.1 Å².